The molecule has 118 valence electrons. The molecule has 0 unspecified atom stereocenters. The van der Waals surface area contributed by atoms with Crippen LogP contribution in [0.3, 0.4) is 0 Å². The van der Waals surface area contributed by atoms with E-state index in [1.165, 1.54) is 12.8 Å². The van der Waals surface area contributed by atoms with Gasteiger partial charge in [0.15, 0.2) is 0 Å². The first kappa shape index (κ1) is 15.3. The van der Waals surface area contributed by atoms with Crippen LogP contribution in [-0.4, -0.2) is 23.8 Å². The predicted molar refractivity (Wildman–Crippen MR) is 88.4 cm³/mol. The Bertz CT molecular complexity index is 610. The van der Waals surface area contributed by atoms with Crippen molar-refractivity contribution in [2.45, 2.75) is 58.4 Å². The molecule has 0 aromatic heterocycles. The van der Waals surface area contributed by atoms with Crippen LogP contribution in [0.2, 0.25) is 0 Å². The highest BCUT2D eigenvalue weighted by atomic mass is 16.5. The monoisotopic (exact) mass is 299 g/mol. The smallest absolute Gasteiger partial charge is 0.217 e. The summed E-state index contributed by atoms with van der Waals surface area (Å²) in [7, 11) is 0. The van der Waals surface area contributed by atoms with Gasteiger partial charge in [0.1, 0.15) is 12.4 Å². The third kappa shape index (κ3) is 3.08. The van der Waals surface area contributed by atoms with Gasteiger partial charge < -0.3 is 4.74 Å². The largest absolute Gasteiger partial charge is 0.475 e. The summed E-state index contributed by atoms with van der Waals surface area (Å²) in [6, 6.07) is 6.14. The number of nitrogens with zero attached hydrogens (tertiary/aromatic N) is 1. The minimum Gasteiger partial charge on any atom is -0.475 e. The zero-order valence-corrected chi connectivity index (χ0v) is 13.8. The van der Waals surface area contributed by atoms with Crippen LogP contribution < -0.4 is 0 Å². The molecule has 1 aliphatic carbocycles. The molecule has 3 heteroatoms. The number of ether oxygens (including phenoxy) is 1. The number of carbonyl (C=O) groups excluding carboxylic acids is 1. The molecule has 1 saturated carbocycles. The Labute approximate surface area is 132 Å². The van der Waals surface area contributed by atoms with Crippen LogP contribution in [0.1, 0.15) is 56.2 Å². The van der Waals surface area contributed by atoms with E-state index in [0.717, 1.165) is 29.5 Å². The van der Waals surface area contributed by atoms with E-state index in [1.807, 2.05) is 12.1 Å². The van der Waals surface area contributed by atoms with Crippen LogP contribution in [-0.2, 0) is 16.0 Å². The summed E-state index contributed by atoms with van der Waals surface area (Å²) in [6.07, 6.45) is 5.02. The van der Waals surface area contributed by atoms with Gasteiger partial charge in [-0.2, -0.15) is 0 Å². The van der Waals surface area contributed by atoms with Crippen LogP contribution in [0.25, 0.3) is 0 Å². The minimum absolute atomic E-state index is 0.176. The van der Waals surface area contributed by atoms with Gasteiger partial charge in [-0.1, -0.05) is 31.0 Å². The molecule has 0 saturated heterocycles. The first-order chi connectivity index (χ1) is 10.5. The van der Waals surface area contributed by atoms with Gasteiger partial charge in [-0.15, -0.1) is 0 Å². The highest BCUT2D eigenvalue weighted by Crippen LogP contribution is 2.29. The Morgan fingerprint density at radius 1 is 1.32 bits per heavy atom. The maximum atomic E-state index is 12.5. The second-order valence-corrected chi connectivity index (χ2v) is 7.25. The van der Waals surface area contributed by atoms with E-state index < -0.39 is 0 Å². The maximum Gasteiger partial charge on any atom is 0.217 e. The van der Waals surface area contributed by atoms with Crippen molar-refractivity contribution in [1.82, 2.24) is 0 Å². The average Bonchev–Trinajstić information content (AvgIpc) is 3.08. The lowest BCUT2D eigenvalue weighted by atomic mass is 9.92. The van der Waals surface area contributed by atoms with Gasteiger partial charge in [0.2, 0.25) is 5.90 Å². The summed E-state index contributed by atoms with van der Waals surface area (Å²) < 4.78 is 5.82. The molecule has 1 aromatic rings. The summed E-state index contributed by atoms with van der Waals surface area (Å²) in [5, 5.41) is 0. The highest BCUT2D eigenvalue weighted by Gasteiger charge is 2.30. The zero-order valence-electron chi connectivity index (χ0n) is 13.8. The van der Waals surface area contributed by atoms with Crippen molar-refractivity contribution >= 4 is 11.7 Å². The highest BCUT2D eigenvalue weighted by molar-refractivity contribution is 5.99. The number of ketones is 1. The van der Waals surface area contributed by atoms with Crippen molar-refractivity contribution in [3.63, 3.8) is 0 Å². The van der Waals surface area contributed by atoms with Gasteiger partial charge in [0.05, 0.1) is 5.54 Å². The fourth-order valence-corrected chi connectivity index (χ4v) is 3.47. The molecule has 0 bridgehead atoms. The van der Waals surface area contributed by atoms with E-state index in [2.05, 4.69) is 26.8 Å². The summed E-state index contributed by atoms with van der Waals surface area (Å²) in [4.78, 5) is 17.2. The third-order valence-electron chi connectivity index (χ3n) is 4.71. The number of aliphatic imine (C=N–C) groups is 1. The summed E-state index contributed by atoms with van der Waals surface area (Å²) in [5.74, 6) is 1.34. The van der Waals surface area contributed by atoms with Gasteiger partial charge in [-0.3, -0.25) is 4.79 Å². The van der Waals surface area contributed by atoms with Crippen molar-refractivity contribution in [3.8, 4) is 0 Å². The lowest BCUT2D eigenvalue weighted by molar-refractivity contribution is -0.122. The standard InChI is InChI=1S/C19H25NO2/c1-13-7-6-10-15(11-16(21)14-8-4-5-9-14)17(13)18-20-19(2,3)12-22-18/h6-7,10,14H,4-5,8-9,11-12H2,1-3H3. The van der Waals surface area contributed by atoms with Crippen LogP contribution >= 0.6 is 0 Å². The first-order valence-electron chi connectivity index (χ1n) is 8.30. The average molecular weight is 299 g/mol. The molecule has 1 aromatic carbocycles. The molecule has 2 aliphatic rings. The van der Waals surface area contributed by atoms with Gasteiger partial charge >= 0.3 is 0 Å². The van der Waals surface area contributed by atoms with E-state index in [9.17, 15) is 4.79 Å². The fraction of sp³-hybridized carbons (Fsp3) is 0.579. The van der Waals surface area contributed by atoms with Crippen molar-refractivity contribution in [1.29, 1.82) is 0 Å². The van der Waals surface area contributed by atoms with Crippen LogP contribution in [0.15, 0.2) is 23.2 Å². The van der Waals surface area contributed by atoms with E-state index in [0.29, 0.717) is 24.7 Å². The quantitative estimate of drug-likeness (QED) is 0.847. The molecule has 0 radical (unpaired) electrons. The predicted octanol–water partition coefficient (Wildman–Crippen LogP) is 3.85. The van der Waals surface area contributed by atoms with E-state index in [-0.39, 0.29) is 11.5 Å². The number of hydrogen-bond acceptors (Lipinski definition) is 3. The van der Waals surface area contributed by atoms with Crippen molar-refractivity contribution in [3.05, 3.63) is 34.9 Å². The van der Waals surface area contributed by atoms with Crippen molar-refractivity contribution in [2.75, 3.05) is 6.61 Å². The Hall–Kier alpha value is -1.64. The summed E-state index contributed by atoms with van der Waals surface area (Å²) in [5.41, 5.74) is 3.05. The van der Waals surface area contributed by atoms with E-state index in [1.54, 1.807) is 0 Å². The Morgan fingerprint density at radius 2 is 2.05 bits per heavy atom. The van der Waals surface area contributed by atoms with Gasteiger partial charge in [-0.05, 0) is 44.7 Å². The molecular weight excluding hydrogens is 274 g/mol. The number of benzene rings is 1. The lowest BCUT2D eigenvalue weighted by Crippen LogP contribution is -2.17. The van der Waals surface area contributed by atoms with Crippen LogP contribution in [0.4, 0.5) is 0 Å². The molecule has 22 heavy (non-hydrogen) atoms. The van der Waals surface area contributed by atoms with E-state index >= 15 is 0 Å². The molecule has 0 spiro atoms. The molecule has 0 N–H and O–H groups in total. The number of Topliss-reactive ketones (excluding diaryl/α,β-unsaturated/α-hetero) is 1. The SMILES string of the molecule is Cc1cccc(CC(=O)C2CCCC2)c1C1=NC(C)(C)CO1. The number of rotatable bonds is 4. The third-order valence-corrected chi connectivity index (χ3v) is 4.71. The second kappa shape index (κ2) is 5.86. The van der Waals surface area contributed by atoms with Crippen LogP contribution in [0.5, 0.6) is 0 Å². The molecule has 3 nitrogen and oxygen atoms in total. The number of carbonyl (C=O) groups is 1. The molecule has 0 atom stereocenters. The second-order valence-electron chi connectivity index (χ2n) is 7.25. The van der Waals surface area contributed by atoms with Crippen molar-refractivity contribution < 1.29 is 9.53 Å². The number of hydrogen-bond donors (Lipinski definition) is 0. The lowest BCUT2D eigenvalue weighted by Gasteiger charge is -2.14. The normalized spacial score (nSPS) is 20.8. The van der Waals surface area contributed by atoms with Gasteiger partial charge in [-0.25, -0.2) is 4.99 Å². The first-order valence-corrected chi connectivity index (χ1v) is 8.30. The summed E-state index contributed by atoms with van der Waals surface area (Å²) >= 11 is 0. The molecule has 0 amide bonds. The Kier molecular flexibility index (Phi) is 4.07. The molecule has 1 aliphatic heterocycles. The molecular formula is C19H25NO2. The summed E-state index contributed by atoms with van der Waals surface area (Å²) in [6.45, 7) is 6.81. The molecule has 1 heterocycles. The molecule has 1 fully saturated rings. The van der Waals surface area contributed by atoms with Gasteiger partial charge in [0, 0.05) is 17.9 Å². The van der Waals surface area contributed by atoms with Crippen molar-refractivity contribution in [2.24, 2.45) is 10.9 Å². The molecule has 3 rings (SSSR count). The Balaban J connectivity index is 1.89. The topological polar surface area (TPSA) is 38.7 Å². The fourth-order valence-electron chi connectivity index (χ4n) is 3.47. The Morgan fingerprint density at radius 3 is 2.68 bits per heavy atom. The minimum atomic E-state index is -0.176. The van der Waals surface area contributed by atoms with Gasteiger partial charge in [0.25, 0.3) is 0 Å². The van der Waals surface area contributed by atoms with Crippen LogP contribution in [0, 0.1) is 12.8 Å². The zero-order chi connectivity index (χ0) is 15.7. The number of aryl methyl sites for hydroxylation is 1. The maximum absolute atomic E-state index is 12.5. The van der Waals surface area contributed by atoms with E-state index in [4.69, 9.17) is 9.73 Å².